The van der Waals surface area contributed by atoms with Crippen LogP contribution in [0.4, 0.5) is 0 Å². The number of hydrogen-bond acceptors (Lipinski definition) is 2. The highest BCUT2D eigenvalue weighted by molar-refractivity contribution is 5.84. The maximum atomic E-state index is 11.6. The first-order valence-corrected chi connectivity index (χ1v) is 7.97. The Morgan fingerprint density at radius 1 is 0.958 bits per heavy atom. The number of carbonyl (C=O) groups is 1. The molecule has 3 rings (SSSR count). The summed E-state index contributed by atoms with van der Waals surface area (Å²) in [5, 5.41) is 11.6. The van der Waals surface area contributed by atoms with Gasteiger partial charge >= 0.3 is 5.97 Å². The SMILES string of the molecule is Cc1ccc(C[C@H](Oc2ccc3ccccc3c2)C(=O)O)cc1C. The second kappa shape index (κ2) is 6.75. The Balaban J connectivity index is 1.82. The fourth-order valence-electron chi connectivity index (χ4n) is 2.73. The van der Waals surface area contributed by atoms with Crippen LogP contribution in [0.1, 0.15) is 16.7 Å². The van der Waals surface area contributed by atoms with Crippen LogP contribution in [-0.2, 0) is 11.2 Å². The molecular weight excluding hydrogens is 300 g/mol. The Labute approximate surface area is 141 Å². The molecule has 0 unspecified atom stereocenters. The lowest BCUT2D eigenvalue weighted by molar-refractivity contribution is -0.145. The van der Waals surface area contributed by atoms with Crippen LogP contribution in [0, 0.1) is 13.8 Å². The molecule has 0 saturated carbocycles. The maximum absolute atomic E-state index is 11.6. The lowest BCUT2D eigenvalue weighted by Gasteiger charge is -2.16. The van der Waals surface area contributed by atoms with E-state index in [0.29, 0.717) is 12.2 Å². The summed E-state index contributed by atoms with van der Waals surface area (Å²) in [4.78, 5) is 11.6. The van der Waals surface area contributed by atoms with Gasteiger partial charge in [-0.2, -0.15) is 0 Å². The average Bonchev–Trinajstić information content (AvgIpc) is 2.57. The van der Waals surface area contributed by atoms with Crippen molar-refractivity contribution < 1.29 is 14.6 Å². The third kappa shape index (κ3) is 3.57. The largest absolute Gasteiger partial charge is 0.478 e. The lowest BCUT2D eigenvalue weighted by Crippen LogP contribution is -2.29. The molecule has 24 heavy (non-hydrogen) atoms. The van der Waals surface area contributed by atoms with Crippen LogP contribution in [0.2, 0.25) is 0 Å². The van der Waals surface area contributed by atoms with Gasteiger partial charge in [0.1, 0.15) is 5.75 Å². The zero-order valence-corrected chi connectivity index (χ0v) is 13.8. The van der Waals surface area contributed by atoms with Crippen molar-refractivity contribution in [1.29, 1.82) is 0 Å². The van der Waals surface area contributed by atoms with Crippen molar-refractivity contribution in [2.45, 2.75) is 26.4 Å². The van der Waals surface area contributed by atoms with E-state index in [9.17, 15) is 9.90 Å². The predicted octanol–water partition coefficient (Wildman–Crippen LogP) is 4.53. The molecule has 0 spiro atoms. The van der Waals surface area contributed by atoms with Crippen LogP contribution in [-0.4, -0.2) is 17.2 Å². The summed E-state index contributed by atoms with van der Waals surface area (Å²) in [6, 6.07) is 19.6. The summed E-state index contributed by atoms with van der Waals surface area (Å²) in [6.45, 7) is 4.07. The topological polar surface area (TPSA) is 46.5 Å². The molecule has 3 nitrogen and oxygen atoms in total. The molecule has 0 heterocycles. The normalized spacial score (nSPS) is 12.1. The van der Waals surface area contributed by atoms with E-state index < -0.39 is 12.1 Å². The van der Waals surface area contributed by atoms with E-state index in [1.807, 2.05) is 74.5 Å². The molecular formula is C21H20O3. The summed E-state index contributed by atoms with van der Waals surface area (Å²) >= 11 is 0. The van der Waals surface area contributed by atoms with E-state index in [0.717, 1.165) is 21.9 Å². The van der Waals surface area contributed by atoms with Crippen molar-refractivity contribution in [2.75, 3.05) is 0 Å². The van der Waals surface area contributed by atoms with Gasteiger partial charge in [-0.25, -0.2) is 4.79 Å². The first kappa shape index (κ1) is 16.1. The monoisotopic (exact) mass is 320 g/mol. The van der Waals surface area contributed by atoms with Crippen LogP contribution in [0.3, 0.4) is 0 Å². The van der Waals surface area contributed by atoms with Crippen LogP contribution in [0.15, 0.2) is 60.7 Å². The number of hydrogen-bond donors (Lipinski definition) is 1. The number of aliphatic carboxylic acids is 1. The minimum atomic E-state index is -0.957. The van der Waals surface area contributed by atoms with E-state index in [4.69, 9.17) is 4.74 Å². The van der Waals surface area contributed by atoms with Gasteiger partial charge in [-0.3, -0.25) is 0 Å². The molecule has 0 aliphatic carbocycles. The third-order valence-corrected chi connectivity index (χ3v) is 4.27. The first-order valence-electron chi connectivity index (χ1n) is 7.97. The zero-order valence-electron chi connectivity index (χ0n) is 13.8. The predicted molar refractivity (Wildman–Crippen MR) is 95.6 cm³/mol. The van der Waals surface area contributed by atoms with E-state index >= 15 is 0 Å². The molecule has 0 bridgehead atoms. The molecule has 0 amide bonds. The Hall–Kier alpha value is -2.81. The molecule has 3 heteroatoms. The van der Waals surface area contributed by atoms with Gasteiger partial charge in [-0.05, 0) is 53.4 Å². The molecule has 0 radical (unpaired) electrons. The van der Waals surface area contributed by atoms with Gasteiger partial charge in [0.25, 0.3) is 0 Å². The number of aryl methyl sites for hydroxylation is 2. The molecule has 122 valence electrons. The summed E-state index contributed by atoms with van der Waals surface area (Å²) < 4.78 is 5.76. The lowest BCUT2D eigenvalue weighted by atomic mass is 10.0. The van der Waals surface area contributed by atoms with Gasteiger partial charge in [0.05, 0.1) is 0 Å². The smallest absolute Gasteiger partial charge is 0.345 e. The number of carboxylic acids is 1. The minimum absolute atomic E-state index is 0.337. The van der Waals surface area contributed by atoms with E-state index in [1.54, 1.807) is 0 Å². The molecule has 0 aliphatic heterocycles. The highest BCUT2D eigenvalue weighted by Crippen LogP contribution is 2.22. The minimum Gasteiger partial charge on any atom is -0.478 e. The zero-order chi connectivity index (χ0) is 17.1. The van der Waals surface area contributed by atoms with E-state index in [2.05, 4.69) is 0 Å². The number of carboxylic acid groups (broad SMARTS) is 1. The second-order valence-corrected chi connectivity index (χ2v) is 6.08. The first-order chi connectivity index (χ1) is 11.5. The van der Waals surface area contributed by atoms with Gasteiger partial charge < -0.3 is 9.84 Å². The summed E-state index contributed by atoms with van der Waals surface area (Å²) in [6.07, 6.45) is -0.572. The van der Waals surface area contributed by atoms with Crippen molar-refractivity contribution >= 4 is 16.7 Å². The summed E-state index contributed by atoms with van der Waals surface area (Å²) in [5.74, 6) is -0.383. The highest BCUT2D eigenvalue weighted by atomic mass is 16.5. The average molecular weight is 320 g/mol. The van der Waals surface area contributed by atoms with Crippen molar-refractivity contribution in [1.82, 2.24) is 0 Å². The van der Waals surface area contributed by atoms with Crippen LogP contribution < -0.4 is 4.74 Å². The number of ether oxygens (including phenoxy) is 1. The van der Waals surface area contributed by atoms with Crippen molar-refractivity contribution in [3.05, 3.63) is 77.4 Å². The van der Waals surface area contributed by atoms with Crippen molar-refractivity contribution in [3.63, 3.8) is 0 Å². The maximum Gasteiger partial charge on any atom is 0.345 e. The van der Waals surface area contributed by atoms with E-state index in [-0.39, 0.29) is 0 Å². The molecule has 3 aromatic carbocycles. The van der Waals surface area contributed by atoms with Gasteiger partial charge in [0.15, 0.2) is 6.10 Å². The summed E-state index contributed by atoms with van der Waals surface area (Å²) in [7, 11) is 0. The second-order valence-electron chi connectivity index (χ2n) is 6.08. The highest BCUT2D eigenvalue weighted by Gasteiger charge is 2.20. The Kier molecular flexibility index (Phi) is 4.52. The molecule has 1 N–H and O–H groups in total. The number of fused-ring (bicyclic) bond motifs is 1. The van der Waals surface area contributed by atoms with Crippen molar-refractivity contribution in [2.24, 2.45) is 0 Å². The van der Waals surface area contributed by atoms with Crippen LogP contribution >= 0.6 is 0 Å². The molecule has 0 aromatic heterocycles. The molecule has 1 atom stereocenters. The molecule has 0 fully saturated rings. The third-order valence-electron chi connectivity index (χ3n) is 4.27. The molecule has 0 saturated heterocycles. The van der Waals surface area contributed by atoms with Gasteiger partial charge in [0.2, 0.25) is 0 Å². The quantitative estimate of drug-likeness (QED) is 0.751. The van der Waals surface area contributed by atoms with Gasteiger partial charge in [-0.1, -0.05) is 48.5 Å². The van der Waals surface area contributed by atoms with Crippen LogP contribution in [0.5, 0.6) is 5.75 Å². The van der Waals surface area contributed by atoms with Crippen LogP contribution in [0.25, 0.3) is 10.8 Å². The van der Waals surface area contributed by atoms with E-state index in [1.165, 1.54) is 5.56 Å². The number of rotatable bonds is 5. The molecule has 0 aliphatic rings. The number of benzene rings is 3. The summed E-state index contributed by atoms with van der Waals surface area (Å²) in [5.41, 5.74) is 3.31. The fourth-order valence-corrected chi connectivity index (χ4v) is 2.73. The standard InChI is InChI=1S/C21H20O3/c1-14-7-8-16(11-15(14)2)12-20(21(22)23)24-19-10-9-17-5-3-4-6-18(17)13-19/h3-11,13,20H,12H2,1-2H3,(H,22,23)/t20-/m0/s1. The Morgan fingerprint density at radius 2 is 1.71 bits per heavy atom. The molecule has 3 aromatic rings. The van der Waals surface area contributed by atoms with Gasteiger partial charge in [-0.15, -0.1) is 0 Å². The Bertz CT molecular complexity index is 883. The van der Waals surface area contributed by atoms with Crippen molar-refractivity contribution in [3.8, 4) is 5.75 Å². The Morgan fingerprint density at radius 3 is 2.42 bits per heavy atom. The van der Waals surface area contributed by atoms with Gasteiger partial charge in [0, 0.05) is 6.42 Å². The fraction of sp³-hybridized carbons (Fsp3) is 0.190.